The molecule has 0 saturated heterocycles. The van der Waals surface area contributed by atoms with E-state index < -0.39 is 11.9 Å². The highest BCUT2D eigenvalue weighted by Crippen LogP contribution is 2.29. The predicted molar refractivity (Wildman–Crippen MR) is 120 cm³/mol. The van der Waals surface area contributed by atoms with E-state index >= 15 is 0 Å². The summed E-state index contributed by atoms with van der Waals surface area (Å²) in [4.78, 5) is 10.2. The van der Waals surface area contributed by atoms with E-state index in [1.165, 1.54) is 0 Å². The summed E-state index contributed by atoms with van der Waals surface area (Å²) in [6.07, 6.45) is -3.98. The third-order valence-corrected chi connectivity index (χ3v) is 4.60. The van der Waals surface area contributed by atoms with Crippen LogP contribution in [0.1, 0.15) is 23.2 Å². The lowest BCUT2D eigenvalue weighted by Crippen LogP contribution is -2.38. The molecule has 5 nitrogen and oxygen atoms in total. The van der Waals surface area contributed by atoms with Gasteiger partial charge in [0.15, 0.2) is 11.7 Å². The molecule has 0 bridgehead atoms. The first-order valence-corrected chi connectivity index (χ1v) is 9.47. The minimum atomic E-state index is -4.39. The summed E-state index contributed by atoms with van der Waals surface area (Å²) in [5.74, 6) is 0.627. The van der Waals surface area contributed by atoms with Gasteiger partial charge in [-0.2, -0.15) is 13.2 Å². The molecule has 2 aromatic rings. The Morgan fingerprint density at radius 2 is 1.86 bits per heavy atom. The Balaban J connectivity index is 0.00000392. The van der Waals surface area contributed by atoms with Gasteiger partial charge >= 0.3 is 6.18 Å². The first-order valence-electron chi connectivity index (χ1n) is 8.59. The number of alkyl halides is 3. The number of anilines is 1. The molecule has 1 aromatic heterocycles. The summed E-state index contributed by atoms with van der Waals surface area (Å²) in [6.45, 7) is 3.62. The van der Waals surface area contributed by atoms with Crippen molar-refractivity contribution < 1.29 is 13.2 Å². The summed E-state index contributed by atoms with van der Waals surface area (Å²) >= 11 is 1.02. The van der Waals surface area contributed by atoms with Gasteiger partial charge in [-0.3, -0.25) is 0 Å². The third-order valence-electron chi connectivity index (χ3n) is 3.69. The normalized spacial score (nSPS) is 11.7. The van der Waals surface area contributed by atoms with Crippen LogP contribution in [0.4, 0.5) is 18.9 Å². The minimum Gasteiger partial charge on any atom is -0.378 e. The van der Waals surface area contributed by atoms with Gasteiger partial charge in [-0.05, 0) is 24.6 Å². The van der Waals surface area contributed by atoms with Crippen LogP contribution in [0, 0.1) is 0 Å². The fourth-order valence-corrected chi connectivity index (χ4v) is 3.06. The Morgan fingerprint density at radius 1 is 1.18 bits per heavy atom. The number of hydrogen-bond donors (Lipinski definition) is 2. The second-order valence-electron chi connectivity index (χ2n) is 6.06. The number of hydrogen-bond acceptors (Lipinski definition) is 4. The van der Waals surface area contributed by atoms with Crippen molar-refractivity contribution in [3.63, 3.8) is 0 Å². The first kappa shape index (κ1) is 24.5. The Bertz CT molecular complexity index is 744. The Labute approximate surface area is 184 Å². The van der Waals surface area contributed by atoms with Crippen LogP contribution in [0.5, 0.6) is 0 Å². The number of thiazole rings is 1. The van der Waals surface area contributed by atoms with Crippen molar-refractivity contribution in [1.29, 1.82) is 0 Å². The van der Waals surface area contributed by atoms with Crippen molar-refractivity contribution in [1.82, 2.24) is 15.6 Å². The van der Waals surface area contributed by atoms with Crippen LogP contribution in [0.3, 0.4) is 0 Å². The maximum absolute atomic E-state index is 12.6. The molecule has 1 aromatic carbocycles. The van der Waals surface area contributed by atoms with Crippen molar-refractivity contribution in [2.75, 3.05) is 32.1 Å². The van der Waals surface area contributed by atoms with Gasteiger partial charge in [0.25, 0.3) is 0 Å². The number of guanidine groups is 1. The monoisotopic (exact) mass is 527 g/mol. The predicted octanol–water partition coefficient (Wildman–Crippen LogP) is 4.14. The van der Waals surface area contributed by atoms with Gasteiger partial charge in [-0.15, -0.1) is 35.3 Å². The van der Waals surface area contributed by atoms with Crippen molar-refractivity contribution in [2.45, 2.75) is 26.1 Å². The summed E-state index contributed by atoms with van der Waals surface area (Å²) in [6, 6.07) is 8.12. The molecule has 0 aliphatic carbocycles. The standard InChI is InChI=1S/C18H24F3N5S.HI/c1-4-22-17(24-11-13-5-7-14(8-6-13)26(2)3)23-10-9-16-25-15(12-27-16)18(19,20)21;/h5-8,12H,4,9-11H2,1-3H3,(H2,22,23,24);1H. The Morgan fingerprint density at radius 3 is 2.39 bits per heavy atom. The molecule has 156 valence electrons. The lowest BCUT2D eigenvalue weighted by molar-refractivity contribution is -0.140. The van der Waals surface area contributed by atoms with Crippen molar-refractivity contribution in [2.24, 2.45) is 4.99 Å². The summed E-state index contributed by atoms with van der Waals surface area (Å²) in [5.41, 5.74) is 1.37. The quantitative estimate of drug-likeness (QED) is 0.323. The van der Waals surface area contributed by atoms with E-state index in [4.69, 9.17) is 0 Å². The first-order chi connectivity index (χ1) is 12.8. The van der Waals surface area contributed by atoms with Gasteiger partial charge in [0, 0.05) is 44.7 Å². The van der Waals surface area contributed by atoms with Gasteiger partial charge < -0.3 is 15.5 Å². The fourth-order valence-electron chi connectivity index (χ4n) is 2.26. The molecular formula is C18H25F3IN5S. The van der Waals surface area contributed by atoms with Crippen LogP contribution in [-0.4, -0.2) is 38.1 Å². The number of aliphatic imine (C=N–C) groups is 1. The molecule has 0 saturated carbocycles. The van der Waals surface area contributed by atoms with Crippen LogP contribution in [0.15, 0.2) is 34.6 Å². The molecule has 0 aliphatic heterocycles. The van der Waals surface area contributed by atoms with Crippen LogP contribution in [0.25, 0.3) is 0 Å². The molecule has 28 heavy (non-hydrogen) atoms. The molecule has 0 spiro atoms. The fraction of sp³-hybridized carbons (Fsp3) is 0.444. The van der Waals surface area contributed by atoms with E-state index in [1.807, 2.05) is 50.2 Å². The Hall–Kier alpha value is -1.56. The van der Waals surface area contributed by atoms with Crippen molar-refractivity contribution >= 4 is 47.0 Å². The molecule has 2 N–H and O–H groups in total. The van der Waals surface area contributed by atoms with Gasteiger partial charge in [-0.1, -0.05) is 12.1 Å². The molecule has 2 rings (SSSR count). The third kappa shape index (κ3) is 7.82. The molecule has 1 heterocycles. The number of aromatic nitrogens is 1. The van der Waals surface area contributed by atoms with E-state index in [0.717, 1.165) is 28.0 Å². The molecule has 0 radical (unpaired) electrons. The Kier molecular flexibility index (Phi) is 10.0. The largest absolute Gasteiger partial charge is 0.434 e. The van der Waals surface area contributed by atoms with E-state index in [0.29, 0.717) is 37.0 Å². The lowest BCUT2D eigenvalue weighted by atomic mass is 10.2. The molecule has 0 atom stereocenters. The molecule has 0 fully saturated rings. The zero-order valence-corrected chi connectivity index (χ0v) is 19.2. The summed E-state index contributed by atoms with van der Waals surface area (Å²) < 4.78 is 37.7. The van der Waals surface area contributed by atoms with E-state index in [9.17, 15) is 13.2 Å². The van der Waals surface area contributed by atoms with Crippen LogP contribution >= 0.6 is 35.3 Å². The molecule has 0 unspecified atom stereocenters. The zero-order chi connectivity index (χ0) is 19.9. The number of nitrogens with zero attached hydrogens (tertiary/aromatic N) is 3. The van der Waals surface area contributed by atoms with E-state index in [1.54, 1.807) is 0 Å². The SMILES string of the molecule is CCNC(=NCc1ccc(N(C)C)cc1)NCCc1nc(C(F)(F)F)cs1.I. The van der Waals surface area contributed by atoms with Crippen LogP contribution in [-0.2, 0) is 19.1 Å². The number of halogens is 4. The molecule has 0 amide bonds. The average molecular weight is 527 g/mol. The molecule has 10 heteroatoms. The van der Waals surface area contributed by atoms with Gasteiger partial charge in [0.05, 0.1) is 11.6 Å². The second-order valence-corrected chi connectivity index (χ2v) is 7.00. The number of nitrogens with one attached hydrogen (secondary N) is 2. The van der Waals surface area contributed by atoms with Gasteiger partial charge in [-0.25, -0.2) is 9.98 Å². The van der Waals surface area contributed by atoms with Crippen molar-refractivity contribution in [3.8, 4) is 0 Å². The topological polar surface area (TPSA) is 52.6 Å². The average Bonchev–Trinajstić information content (AvgIpc) is 3.09. The number of benzene rings is 1. The highest BCUT2D eigenvalue weighted by molar-refractivity contribution is 14.0. The van der Waals surface area contributed by atoms with E-state index in [-0.39, 0.29) is 24.0 Å². The van der Waals surface area contributed by atoms with Crippen LogP contribution in [0.2, 0.25) is 0 Å². The number of rotatable bonds is 7. The second kappa shape index (κ2) is 11.4. The molecule has 0 aliphatic rings. The van der Waals surface area contributed by atoms with Crippen molar-refractivity contribution in [3.05, 3.63) is 45.9 Å². The minimum absolute atomic E-state index is 0. The van der Waals surface area contributed by atoms with Crippen LogP contribution < -0.4 is 15.5 Å². The smallest absolute Gasteiger partial charge is 0.378 e. The summed E-state index contributed by atoms with van der Waals surface area (Å²) in [7, 11) is 3.97. The highest BCUT2D eigenvalue weighted by Gasteiger charge is 2.33. The van der Waals surface area contributed by atoms with E-state index in [2.05, 4.69) is 20.6 Å². The maximum Gasteiger partial charge on any atom is 0.434 e. The summed E-state index contributed by atoms with van der Waals surface area (Å²) in [5, 5.41) is 7.76. The maximum atomic E-state index is 12.6. The van der Waals surface area contributed by atoms with Gasteiger partial charge in [0.1, 0.15) is 0 Å². The lowest BCUT2D eigenvalue weighted by Gasteiger charge is -2.13. The zero-order valence-electron chi connectivity index (χ0n) is 16.0. The molecular weight excluding hydrogens is 502 g/mol. The highest BCUT2D eigenvalue weighted by atomic mass is 127. The van der Waals surface area contributed by atoms with Gasteiger partial charge in [0.2, 0.25) is 0 Å².